The summed E-state index contributed by atoms with van der Waals surface area (Å²) in [5, 5.41) is 3.90. The van der Waals surface area contributed by atoms with E-state index >= 15 is 0 Å². The molecule has 0 spiro atoms. The predicted octanol–water partition coefficient (Wildman–Crippen LogP) is 3.94. The molecule has 4 rings (SSSR count). The third kappa shape index (κ3) is 1.99. The maximum atomic E-state index is 3.90. The highest BCUT2D eigenvalue weighted by atomic mass is 14.9. The first-order chi connectivity index (χ1) is 9.24. The molecule has 4 aliphatic rings. The molecule has 0 aromatic heterocycles. The van der Waals surface area contributed by atoms with E-state index in [1.54, 1.807) is 12.8 Å². The van der Waals surface area contributed by atoms with Gasteiger partial charge in [-0.05, 0) is 99.0 Å². The average molecular weight is 261 g/mol. The van der Waals surface area contributed by atoms with Gasteiger partial charge in [0.25, 0.3) is 0 Å². The third-order valence-electron chi connectivity index (χ3n) is 7.84. The molecule has 0 radical (unpaired) electrons. The van der Waals surface area contributed by atoms with Gasteiger partial charge in [-0.1, -0.05) is 13.8 Å². The summed E-state index contributed by atoms with van der Waals surface area (Å²) in [5.74, 6) is 8.33. The second-order valence-electron chi connectivity index (χ2n) is 8.37. The van der Waals surface area contributed by atoms with Crippen molar-refractivity contribution in [2.75, 3.05) is 13.1 Å². The molecule has 4 saturated carbocycles. The SMILES string of the molecule is C[C@@H]1[C@@H]2CC[C@H](C2)[C@@H]1CNC[C@H]1[C@H]2CC[C@H](C2)[C@@H]1C. The van der Waals surface area contributed by atoms with Crippen molar-refractivity contribution >= 4 is 0 Å². The molecule has 0 aromatic rings. The zero-order valence-electron chi connectivity index (χ0n) is 12.8. The summed E-state index contributed by atoms with van der Waals surface area (Å²) < 4.78 is 0. The van der Waals surface area contributed by atoms with Crippen molar-refractivity contribution in [3.63, 3.8) is 0 Å². The minimum atomic E-state index is 1.00. The Morgan fingerprint density at radius 2 is 1.11 bits per heavy atom. The Kier molecular flexibility index (Phi) is 3.17. The summed E-state index contributed by atoms with van der Waals surface area (Å²) in [6.45, 7) is 7.69. The Hall–Kier alpha value is -0.0400. The first-order valence-corrected chi connectivity index (χ1v) is 8.94. The van der Waals surface area contributed by atoms with E-state index in [9.17, 15) is 0 Å². The maximum Gasteiger partial charge on any atom is -0.00151 e. The molecule has 108 valence electrons. The summed E-state index contributed by atoms with van der Waals surface area (Å²) in [7, 11) is 0. The highest BCUT2D eigenvalue weighted by Gasteiger charge is 2.46. The minimum Gasteiger partial charge on any atom is -0.316 e. The van der Waals surface area contributed by atoms with E-state index in [1.165, 1.54) is 38.8 Å². The molecular formula is C18H31N. The molecule has 4 bridgehead atoms. The Labute approximate surface area is 118 Å². The summed E-state index contributed by atoms with van der Waals surface area (Å²) in [6.07, 6.45) is 9.24. The molecule has 4 aliphatic carbocycles. The van der Waals surface area contributed by atoms with Crippen molar-refractivity contribution < 1.29 is 0 Å². The second kappa shape index (κ2) is 4.76. The lowest BCUT2D eigenvalue weighted by Gasteiger charge is -2.32. The van der Waals surface area contributed by atoms with Gasteiger partial charge in [-0.3, -0.25) is 0 Å². The number of hydrogen-bond donors (Lipinski definition) is 1. The molecule has 19 heavy (non-hydrogen) atoms. The highest BCUT2D eigenvalue weighted by molar-refractivity contribution is 4.97. The van der Waals surface area contributed by atoms with Crippen LogP contribution in [0.15, 0.2) is 0 Å². The van der Waals surface area contributed by atoms with E-state index in [1.807, 2.05) is 0 Å². The van der Waals surface area contributed by atoms with E-state index in [-0.39, 0.29) is 0 Å². The van der Waals surface area contributed by atoms with Crippen LogP contribution < -0.4 is 5.32 Å². The summed E-state index contributed by atoms with van der Waals surface area (Å²) in [5.41, 5.74) is 0. The van der Waals surface area contributed by atoms with Gasteiger partial charge in [0.05, 0.1) is 0 Å². The fraction of sp³-hybridized carbons (Fsp3) is 1.00. The molecule has 1 N–H and O–H groups in total. The molecular weight excluding hydrogens is 230 g/mol. The molecule has 0 saturated heterocycles. The van der Waals surface area contributed by atoms with Crippen LogP contribution in [-0.4, -0.2) is 13.1 Å². The average Bonchev–Trinajstić information content (AvgIpc) is 3.14. The van der Waals surface area contributed by atoms with E-state index in [0.717, 1.165) is 47.3 Å². The topological polar surface area (TPSA) is 12.0 Å². The van der Waals surface area contributed by atoms with Gasteiger partial charge in [0, 0.05) is 0 Å². The largest absolute Gasteiger partial charge is 0.316 e. The van der Waals surface area contributed by atoms with E-state index in [2.05, 4.69) is 19.2 Å². The fourth-order valence-electron chi connectivity index (χ4n) is 6.52. The van der Waals surface area contributed by atoms with Crippen molar-refractivity contribution in [2.24, 2.45) is 47.3 Å². The van der Waals surface area contributed by atoms with Gasteiger partial charge in [-0.2, -0.15) is 0 Å². The molecule has 0 amide bonds. The van der Waals surface area contributed by atoms with Crippen molar-refractivity contribution in [2.45, 2.75) is 52.4 Å². The molecule has 8 atom stereocenters. The normalized spacial score (nSPS) is 55.3. The van der Waals surface area contributed by atoms with E-state index in [4.69, 9.17) is 0 Å². The van der Waals surface area contributed by atoms with Gasteiger partial charge in [-0.25, -0.2) is 0 Å². The maximum absolute atomic E-state index is 3.90. The molecule has 4 fully saturated rings. The second-order valence-corrected chi connectivity index (χ2v) is 8.37. The molecule has 0 aliphatic heterocycles. The van der Waals surface area contributed by atoms with E-state index in [0.29, 0.717) is 0 Å². The Bertz CT molecular complexity index is 303. The number of fused-ring (bicyclic) bond motifs is 4. The van der Waals surface area contributed by atoms with Crippen LogP contribution in [0.4, 0.5) is 0 Å². The molecule has 1 heteroatoms. The van der Waals surface area contributed by atoms with Gasteiger partial charge in [0.1, 0.15) is 0 Å². The molecule has 1 nitrogen and oxygen atoms in total. The van der Waals surface area contributed by atoms with Gasteiger partial charge in [0.15, 0.2) is 0 Å². The van der Waals surface area contributed by atoms with Gasteiger partial charge in [0.2, 0.25) is 0 Å². The number of nitrogens with one attached hydrogen (secondary N) is 1. The standard InChI is InChI=1S/C18H31N/c1-11-13-3-5-15(7-13)17(11)9-19-10-18-12(2)14-4-6-16(18)8-14/h11-19H,3-10H2,1-2H3/t11-,12+,13-,14-,15-,16+,17-,18-/m1/s1. The first-order valence-electron chi connectivity index (χ1n) is 8.94. The Balaban J connectivity index is 1.28. The number of hydrogen-bond acceptors (Lipinski definition) is 1. The fourth-order valence-corrected chi connectivity index (χ4v) is 6.52. The zero-order chi connectivity index (χ0) is 13.0. The molecule has 0 unspecified atom stereocenters. The van der Waals surface area contributed by atoms with Crippen molar-refractivity contribution in [3.8, 4) is 0 Å². The quantitative estimate of drug-likeness (QED) is 0.808. The third-order valence-corrected chi connectivity index (χ3v) is 7.84. The lowest BCUT2D eigenvalue weighted by Crippen LogP contribution is -2.36. The van der Waals surface area contributed by atoms with Crippen LogP contribution in [0.5, 0.6) is 0 Å². The van der Waals surface area contributed by atoms with Crippen LogP contribution in [0.1, 0.15) is 52.4 Å². The van der Waals surface area contributed by atoms with E-state index < -0.39 is 0 Å². The smallest absolute Gasteiger partial charge is 0.00151 e. The first kappa shape index (κ1) is 12.7. The zero-order valence-corrected chi connectivity index (χ0v) is 12.8. The summed E-state index contributed by atoms with van der Waals surface area (Å²) in [4.78, 5) is 0. The van der Waals surface area contributed by atoms with Gasteiger partial charge < -0.3 is 5.32 Å². The number of rotatable bonds is 4. The Morgan fingerprint density at radius 3 is 1.47 bits per heavy atom. The van der Waals surface area contributed by atoms with Crippen molar-refractivity contribution in [1.29, 1.82) is 0 Å². The minimum absolute atomic E-state index is 1.00. The molecule has 0 heterocycles. The highest BCUT2D eigenvalue weighted by Crippen LogP contribution is 2.53. The predicted molar refractivity (Wildman–Crippen MR) is 79.8 cm³/mol. The summed E-state index contributed by atoms with van der Waals surface area (Å²) in [6, 6.07) is 0. The van der Waals surface area contributed by atoms with Crippen LogP contribution >= 0.6 is 0 Å². The van der Waals surface area contributed by atoms with Crippen LogP contribution in [0.25, 0.3) is 0 Å². The van der Waals surface area contributed by atoms with Gasteiger partial charge >= 0.3 is 0 Å². The monoisotopic (exact) mass is 261 g/mol. The molecule has 0 aromatic carbocycles. The van der Waals surface area contributed by atoms with Crippen LogP contribution in [0.3, 0.4) is 0 Å². The van der Waals surface area contributed by atoms with Crippen LogP contribution in [-0.2, 0) is 0 Å². The van der Waals surface area contributed by atoms with Crippen molar-refractivity contribution in [1.82, 2.24) is 5.32 Å². The van der Waals surface area contributed by atoms with Crippen LogP contribution in [0, 0.1) is 47.3 Å². The lowest BCUT2D eigenvalue weighted by molar-refractivity contribution is 0.202. The Morgan fingerprint density at radius 1 is 0.684 bits per heavy atom. The van der Waals surface area contributed by atoms with Crippen molar-refractivity contribution in [3.05, 3.63) is 0 Å². The van der Waals surface area contributed by atoms with Crippen LogP contribution in [0.2, 0.25) is 0 Å². The lowest BCUT2D eigenvalue weighted by atomic mass is 9.79. The summed E-state index contributed by atoms with van der Waals surface area (Å²) >= 11 is 0. The van der Waals surface area contributed by atoms with Gasteiger partial charge in [-0.15, -0.1) is 0 Å².